The third kappa shape index (κ3) is 1.63. The molecule has 80 valence electrons. The molecule has 1 aliphatic rings. The van der Waals surface area contributed by atoms with Crippen LogP contribution >= 0.6 is 11.3 Å². The van der Waals surface area contributed by atoms with Crippen molar-refractivity contribution in [2.24, 2.45) is 0 Å². The molecule has 0 bridgehead atoms. The molecule has 1 aromatic rings. The Hall–Kier alpha value is -1.36. The largest absolute Gasteiger partial charge is 0.489 e. The number of hydrogen-bond donors (Lipinski definition) is 1. The molecule has 1 aromatic heterocycles. The van der Waals surface area contributed by atoms with Crippen molar-refractivity contribution >= 4 is 23.0 Å². The molecule has 2 rings (SSSR count). The summed E-state index contributed by atoms with van der Waals surface area (Å²) in [7, 11) is 0. The van der Waals surface area contributed by atoms with E-state index in [-0.39, 0.29) is 11.7 Å². The molecule has 0 atom stereocenters. The third-order valence-electron chi connectivity index (χ3n) is 2.23. The number of ketones is 1. The summed E-state index contributed by atoms with van der Waals surface area (Å²) in [5.41, 5.74) is 0.548. The summed E-state index contributed by atoms with van der Waals surface area (Å²) in [4.78, 5) is 24.4. The number of hydrogen-bond acceptors (Lipinski definition) is 4. The second kappa shape index (κ2) is 3.66. The summed E-state index contributed by atoms with van der Waals surface area (Å²) >= 11 is 1.31. The van der Waals surface area contributed by atoms with Crippen molar-refractivity contribution in [3.63, 3.8) is 0 Å². The lowest BCUT2D eigenvalue weighted by Crippen LogP contribution is -2.23. The van der Waals surface area contributed by atoms with Crippen molar-refractivity contribution in [3.8, 4) is 5.75 Å². The Morgan fingerprint density at radius 3 is 2.93 bits per heavy atom. The fourth-order valence-electron chi connectivity index (χ4n) is 1.62. The maximum absolute atomic E-state index is 11.6. The van der Waals surface area contributed by atoms with Crippen molar-refractivity contribution < 1.29 is 14.3 Å². The topological polar surface area (TPSA) is 55.4 Å². The number of amides is 1. The molecule has 4 nitrogen and oxygen atoms in total. The van der Waals surface area contributed by atoms with Crippen LogP contribution in [0.25, 0.3) is 0 Å². The number of Topliss-reactive ketones (excluding diaryl/α,β-unsaturated/α-hetero) is 1. The van der Waals surface area contributed by atoms with Gasteiger partial charge in [-0.3, -0.25) is 9.59 Å². The van der Waals surface area contributed by atoms with Crippen LogP contribution in [0.15, 0.2) is 0 Å². The lowest BCUT2D eigenvalue weighted by Gasteiger charge is -2.03. The maximum Gasteiger partial charge on any atom is 0.265 e. The van der Waals surface area contributed by atoms with Gasteiger partial charge in [0.05, 0.1) is 12.1 Å². The molecular weight excluding hydrogens is 214 g/mol. The van der Waals surface area contributed by atoms with Crippen LogP contribution in [0.5, 0.6) is 5.75 Å². The number of ether oxygens (including phenoxy) is 1. The highest BCUT2D eigenvalue weighted by molar-refractivity contribution is 7.14. The predicted molar refractivity (Wildman–Crippen MR) is 56.9 cm³/mol. The molecular formula is C10H11NO3S. The Morgan fingerprint density at radius 2 is 2.27 bits per heavy atom. The van der Waals surface area contributed by atoms with E-state index in [9.17, 15) is 9.59 Å². The minimum Gasteiger partial charge on any atom is -0.489 e. The first-order valence-electron chi connectivity index (χ1n) is 4.66. The zero-order chi connectivity index (χ0) is 11.0. The molecule has 0 fully saturated rings. The third-order valence-corrected chi connectivity index (χ3v) is 3.32. The summed E-state index contributed by atoms with van der Waals surface area (Å²) in [6.07, 6.45) is 0. The van der Waals surface area contributed by atoms with Gasteiger partial charge in [0, 0.05) is 4.88 Å². The SMILES string of the molecule is CC(=O)c1c(C)sc2c1OCCNC2=O. The van der Waals surface area contributed by atoms with Gasteiger partial charge in [0.15, 0.2) is 11.5 Å². The van der Waals surface area contributed by atoms with Crippen LogP contribution in [0.1, 0.15) is 31.8 Å². The Balaban J connectivity index is 2.59. The average Bonchev–Trinajstić information content (AvgIpc) is 2.40. The summed E-state index contributed by atoms with van der Waals surface area (Å²) in [6.45, 7) is 4.21. The average molecular weight is 225 g/mol. The lowest BCUT2D eigenvalue weighted by atomic mass is 10.1. The number of carbonyl (C=O) groups excluding carboxylic acids is 2. The van der Waals surface area contributed by atoms with E-state index in [4.69, 9.17) is 4.74 Å². The molecule has 2 heterocycles. The van der Waals surface area contributed by atoms with Crippen molar-refractivity contribution in [1.29, 1.82) is 0 Å². The van der Waals surface area contributed by atoms with Gasteiger partial charge in [0.1, 0.15) is 11.5 Å². The van der Waals surface area contributed by atoms with Crippen molar-refractivity contribution in [2.45, 2.75) is 13.8 Å². The molecule has 0 spiro atoms. The summed E-state index contributed by atoms with van der Waals surface area (Å²) in [5, 5.41) is 2.72. The molecule has 0 aromatic carbocycles. The molecule has 0 saturated heterocycles. The molecule has 1 N–H and O–H groups in total. The standard InChI is InChI=1S/C10H11NO3S/c1-5(12)7-6(2)15-9-8(7)14-4-3-11-10(9)13/h3-4H2,1-2H3,(H,11,13). The number of fused-ring (bicyclic) bond motifs is 1. The molecule has 0 aliphatic carbocycles. The predicted octanol–water partition coefficient (Wildman–Crippen LogP) is 1.38. The number of rotatable bonds is 1. The quantitative estimate of drug-likeness (QED) is 0.735. The molecule has 1 amide bonds. The molecule has 0 radical (unpaired) electrons. The van der Waals surface area contributed by atoms with Crippen LogP contribution in [0.4, 0.5) is 0 Å². The van der Waals surface area contributed by atoms with Gasteiger partial charge in [-0.25, -0.2) is 0 Å². The summed E-state index contributed by atoms with van der Waals surface area (Å²) in [6, 6.07) is 0. The van der Waals surface area contributed by atoms with Gasteiger partial charge in [0.25, 0.3) is 5.91 Å². The number of thiophene rings is 1. The van der Waals surface area contributed by atoms with Crippen LogP contribution in [-0.2, 0) is 0 Å². The van der Waals surface area contributed by atoms with E-state index < -0.39 is 0 Å². The summed E-state index contributed by atoms with van der Waals surface area (Å²) in [5.74, 6) is 0.253. The first kappa shape index (κ1) is 10.2. The molecule has 0 saturated carbocycles. The monoisotopic (exact) mass is 225 g/mol. The van der Waals surface area contributed by atoms with Crippen molar-refractivity contribution in [2.75, 3.05) is 13.2 Å². The smallest absolute Gasteiger partial charge is 0.265 e. The van der Waals surface area contributed by atoms with E-state index in [1.165, 1.54) is 18.3 Å². The highest BCUT2D eigenvalue weighted by Gasteiger charge is 2.26. The Kier molecular flexibility index (Phi) is 2.48. The van der Waals surface area contributed by atoms with E-state index in [1.807, 2.05) is 6.92 Å². The Bertz CT molecular complexity index is 436. The molecule has 15 heavy (non-hydrogen) atoms. The van der Waals surface area contributed by atoms with Crippen molar-refractivity contribution in [1.82, 2.24) is 5.32 Å². The summed E-state index contributed by atoms with van der Waals surface area (Å²) < 4.78 is 5.44. The molecule has 0 unspecified atom stereocenters. The first-order chi connectivity index (χ1) is 7.11. The lowest BCUT2D eigenvalue weighted by molar-refractivity contribution is 0.0960. The molecule has 1 aliphatic heterocycles. The Labute approximate surface area is 91.2 Å². The van der Waals surface area contributed by atoms with E-state index in [2.05, 4.69) is 5.32 Å². The second-order valence-corrected chi connectivity index (χ2v) is 4.58. The van der Waals surface area contributed by atoms with Crippen LogP contribution in [-0.4, -0.2) is 24.8 Å². The van der Waals surface area contributed by atoms with Crippen molar-refractivity contribution in [3.05, 3.63) is 15.3 Å². The number of aryl methyl sites for hydroxylation is 1. The minimum atomic E-state index is -0.150. The van der Waals surface area contributed by atoms with Gasteiger partial charge in [-0.2, -0.15) is 0 Å². The number of nitrogens with one attached hydrogen (secondary N) is 1. The van der Waals surface area contributed by atoms with Crippen LogP contribution in [0.3, 0.4) is 0 Å². The zero-order valence-electron chi connectivity index (χ0n) is 8.55. The molecule has 5 heteroatoms. The van der Waals surface area contributed by atoms with Crippen LogP contribution in [0.2, 0.25) is 0 Å². The minimum absolute atomic E-state index is 0.0558. The van der Waals surface area contributed by atoms with Crippen LogP contribution in [0, 0.1) is 6.92 Å². The highest BCUT2D eigenvalue weighted by atomic mass is 32.1. The van der Waals surface area contributed by atoms with Gasteiger partial charge in [0.2, 0.25) is 0 Å². The van der Waals surface area contributed by atoms with E-state index in [0.29, 0.717) is 29.3 Å². The van der Waals surface area contributed by atoms with E-state index >= 15 is 0 Å². The van der Waals surface area contributed by atoms with Gasteiger partial charge in [-0.15, -0.1) is 11.3 Å². The normalized spacial score (nSPS) is 14.9. The highest BCUT2D eigenvalue weighted by Crippen LogP contribution is 2.36. The fraction of sp³-hybridized carbons (Fsp3) is 0.400. The van der Waals surface area contributed by atoms with E-state index in [0.717, 1.165) is 4.88 Å². The maximum atomic E-state index is 11.6. The van der Waals surface area contributed by atoms with Crippen LogP contribution < -0.4 is 10.1 Å². The zero-order valence-corrected chi connectivity index (χ0v) is 9.36. The van der Waals surface area contributed by atoms with Gasteiger partial charge < -0.3 is 10.1 Å². The van der Waals surface area contributed by atoms with Gasteiger partial charge >= 0.3 is 0 Å². The Morgan fingerprint density at radius 1 is 1.53 bits per heavy atom. The second-order valence-electron chi connectivity index (χ2n) is 3.35. The number of carbonyl (C=O) groups is 2. The first-order valence-corrected chi connectivity index (χ1v) is 5.48. The van der Waals surface area contributed by atoms with Gasteiger partial charge in [-0.1, -0.05) is 0 Å². The van der Waals surface area contributed by atoms with E-state index in [1.54, 1.807) is 0 Å². The fourth-order valence-corrected chi connectivity index (χ4v) is 2.68. The van der Waals surface area contributed by atoms with Gasteiger partial charge in [-0.05, 0) is 13.8 Å².